The van der Waals surface area contributed by atoms with Crippen LogP contribution >= 0.6 is 7.37 Å². The summed E-state index contributed by atoms with van der Waals surface area (Å²) in [6.45, 7) is 2.05. The van der Waals surface area contributed by atoms with Crippen molar-refractivity contribution in [3.8, 4) is 16.9 Å². The van der Waals surface area contributed by atoms with E-state index in [1.54, 1.807) is 6.07 Å². The first kappa shape index (κ1) is 14.4. The Labute approximate surface area is 125 Å². The minimum atomic E-state index is -3.30. The monoisotopic (exact) mass is 302 g/mol. The standard InChI is InChI=1S/C17H19O3P/c1-2-3-12-17(18)21(19)16-11-7-5-9-14(16)13-8-4-6-10-15(13)20-21/h4-11,17-18H,2-3,12H2,1H3. The SMILES string of the molecule is CCCCC(O)P1(=O)Oc2ccccc2-c2ccccc21. The molecule has 21 heavy (non-hydrogen) atoms. The van der Waals surface area contributed by atoms with Gasteiger partial charge in [-0.05, 0) is 24.1 Å². The van der Waals surface area contributed by atoms with Crippen LogP contribution in [0, 0.1) is 0 Å². The third kappa shape index (κ3) is 2.41. The van der Waals surface area contributed by atoms with Crippen LogP contribution in [0.3, 0.4) is 0 Å². The Bertz CT molecular complexity index is 696. The summed E-state index contributed by atoms with van der Waals surface area (Å²) in [7, 11) is -3.30. The molecule has 3 nitrogen and oxygen atoms in total. The molecule has 3 rings (SSSR count). The fraction of sp³-hybridized carbons (Fsp3) is 0.294. The lowest BCUT2D eigenvalue weighted by Crippen LogP contribution is -2.25. The Hall–Kier alpha value is -1.57. The highest BCUT2D eigenvalue weighted by Gasteiger charge is 2.41. The molecule has 2 unspecified atom stereocenters. The molecule has 0 saturated heterocycles. The summed E-state index contributed by atoms with van der Waals surface area (Å²) in [5.74, 6) is -0.359. The summed E-state index contributed by atoms with van der Waals surface area (Å²) in [6, 6.07) is 15.1. The van der Waals surface area contributed by atoms with Gasteiger partial charge in [0.05, 0.1) is 5.30 Å². The molecule has 1 heterocycles. The number of benzene rings is 2. The molecule has 0 radical (unpaired) electrons. The van der Waals surface area contributed by atoms with Crippen LogP contribution in [0.25, 0.3) is 11.1 Å². The largest absolute Gasteiger partial charge is 0.438 e. The molecule has 110 valence electrons. The van der Waals surface area contributed by atoms with Gasteiger partial charge in [0, 0.05) is 5.56 Å². The van der Waals surface area contributed by atoms with Crippen molar-refractivity contribution in [2.45, 2.75) is 32.0 Å². The molecule has 0 spiro atoms. The van der Waals surface area contributed by atoms with Crippen molar-refractivity contribution in [2.75, 3.05) is 0 Å². The van der Waals surface area contributed by atoms with Gasteiger partial charge in [0.2, 0.25) is 0 Å². The molecule has 1 N–H and O–H groups in total. The highest BCUT2D eigenvalue weighted by molar-refractivity contribution is 7.68. The van der Waals surface area contributed by atoms with E-state index in [0.717, 1.165) is 24.0 Å². The van der Waals surface area contributed by atoms with Gasteiger partial charge in [-0.15, -0.1) is 0 Å². The quantitative estimate of drug-likeness (QED) is 0.863. The molecular formula is C17H19O3P. The Morgan fingerprint density at radius 3 is 2.52 bits per heavy atom. The van der Waals surface area contributed by atoms with Crippen molar-refractivity contribution in [3.63, 3.8) is 0 Å². The predicted octanol–water partition coefficient (Wildman–Crippen LogP) is 4.16. The summed E-state index contributed by atoms with van der Waals surface area (Å²) >= 11 is 0. The molecule has 2 aromatic rings. The van der Waals surface area contributed by atoms with Gasteiger partial charge in [0.1, 0.15) is 11.6 Å². The molecule has 1 aliphatic heterocycles. The van der Waals surface area contributed by atoms with E-state index >= 15 is 0 Å². The van der Waals surface area contributed by atoms with Crippen molar-refractivity contribution < 1.29 is 14.2 Å². The molecule has 0 fully saturated rings. The molecule has 4 heteroatoms. The van der Waals surface area contributed by atoms with Crippen molar-refractivity contribution >= 4 is 12.7 Å². The zero-order chi connectivity index (χ0) is 14.9. The van der Waals surface area contributed by atoms with E-state index in [4.69, 9.17) is 4.52 Å². The van der Waals surface area contributed by atoms with E-state index in [0.29, 0.717) is 17.5 Å². The average molecular weight is 302 g/mol. The Morgan fingerprint density at radius 1 is 1.10 bits per heavy atom. The van der Waals surface area contributed by atoms with Crippen molar-refractivity contribution in [2.24, 2.45) is 0 Å². The predicted molar refractivity (Wildman–Crippen MR) is 85.3 cm³/mol. The average Bonchev–Trinajstić information content (AvgIpc) is 2.53. The molecular weight excluding hydrogens is 283 g/mol. The maximum atomic E-state index is 13.4. The minimum Gasteiger partial charge on any atom is -0.438 e. The second kappa shape index (κ2) is 5.67. The fourth-order valence-corrected chi connectivity index (χ4v) is 5.05. The van der Waals surface area contributed by atoms with Crippen LogP contribution < -0.4 is 9.83 Å². The maximum Gasteiger partial charge on any atom is 0.305 e. The smallest absolute Gasteiger partial charge is 0.305 e. The Kier molecular flexibility index (Phi) is 3.88. The highest BCUT2D eigenvalue weighted by atomic mass is 31.2. The third-order valence-electron chi connectivity index (χ3n) is 3.86. The van der Waals surface area contributed by atoms with E-state index in [2.05, 4.69) is 0 Å². The van der Waals surface area contributed by atoms with Crippen LogP contribution in [0.15, 0.2) is 48.5 Å². The number of para-hydroxylation sites is 1. The lowest BCUT2D eigenvalue weighted by atomic mass is 10.0. The molecule has 0 aliphatic carbocycles. The Balaban J connectivity index is 2.11. The fourth-order valence-electron chi connectivity index (χ4n) is 2.72. The van der Waals surface area contributed by atoms with Gasteiger partial charge in [-0.1, -0.05) is 56.2 Å². The van der Waals surface area contributed by atoms with Crippen LogP contribution in [-0.4, -0.2) is 11.0 Å². The molecule has 1 aliphatic rings. The first-order valence-corrected chi connectivity index (χ1v) is 9.02. The first-order chi connectivity index (χ1) is 10.2. The van der Waals surface area contributed by atoms with Crippen LogP contribution in [0.5, 0.6) is 5.75 Å². The molecule has 0 amide bonds. The molecule has 0 aromatic heterocycles. The highest BCUT2D eigenvalue weighted by Crippen LogP contribution is 2.57. The first-order valence-electron chi connectivity index (χ1n) is 7.33. The second-order valence-corrected chi connectivity index (χ2v) is 7.78. The van der Waals surface area contributed by atoms with E-state index < -0.39 is 13.2 Å². The molecule has 2 aromatic carbocycles. The summed E-state index contributed by atoms with van der Waals surface area (Å²) < 4.78 is 19.2. The Morgan fingerprint density at radius 2 is 1.76 bits per heavy atom. The lowest BCUT2D eigenvalue weighted by molar-refractivity contribution is 0.221. The second-order valence-electron chi connectivity index (χ2n) is 5.32. The van der Waals surface area contributed by atoms with Crippen molar-refractivity contribution in [3.05, 3.63) is 48.5 Å². The number of aliphatic hydroxyl groups excluding tert-OH is 1. The van der Waals surface area contributed by atoms with Crippen LogP contribution in [0.1, 0.15) is 26.2 Å². The zero-order valence-corrected chi connectivity index (χ0v) is 12.9. The minimum absolute atomic E-state index is 0.490. The van der Waals surface area contributed by atoms with E-state index in [1.165, 1.54) is 0 Å². The summed E-state index contributed by atoms with van der Waals surface area (Å²) in [6.07, 6.45) is 2.28. The number of unbranched alkanes of at least 4 members (excludes halogenated alkanes) is 1. The molecule has 0 saturated carbocycles. The van der Waals surface area contributed by atoms with Gasteiger partial charge in [0.25, 0.3) is 0 Å². The van der Waals surface area contributed by atoms with Crippen LogP contribution in [0.2, 0.25) is 0 Å². The molecule has 0 bridgehead atoms. The van der Waals surface area contributed by atoms with E-state index in [1.807, 2.05) is 49.4 Å². The number of rotatable bonds is 4. The van der Waals surface area contributed by atoms with Gasteiger partial charge in [-0.25, -0.2) is 0 Å². The van der Waals surface area contributed by atoms with E-state index in [9.17, 15) is 9.67 Å². The summed E-state index contributed by atoms with van der Waals surface area (Å²) in [5.41, 5.74) is 1.83. The van der Waals surface area contributed by atoms with Crippen molar-refractivity contribution in [1.82, 2.24) is 0 Å². The molecule has 2 atom stereocenters. The van der Waals surface area contributed by atoms with Crippen LogP contribution in [-0.2, 0) is 4.57 Å². The third-order valence-corrected chi connectivity index (χ3v) is 6.43. The number of fused-ring (bicyclic) bond motifs is 3. The van der Waals surface area contributed by atoms with Gasteiger partial charge < -0.3 is 9.63 Å². The van der Waals surface area contributed by atoms with Gasteiger partial charge in [-0.3, -0.25) is 4.57 Å². The zero-order valence-electron chi connectivity index (χ0n) is 12.0. The van der Waals surface area contributed by atoms with Crippen LogP contribution in [0.4, 0.5) is 0 Å². The summed E-state index contributed by atoms with van der Waals surface area (Å²) in [5, 5.41) is 11.1. The number of aliphatic hydroxyl groups is 1. The topological polar surface area (TPSA) is 46.5 Å². The summed E-state index contributed by atoms with van der Waals surface area (Å²) in [4.78, 5) is 0. The normalized spacial score (nSPS) is 21.0. The van der Waals surface area contributed by atoms with Gasteiger partial charge in [0.15, 0.2) is 0 Å². The van der Waals surface area contributed by atoms with Gasteiger partial charge in [-0.2, -0.15) is 0 Å². The van der Waals surface area contributed by atoms with E-state index in [-0.39, 0.29) is 0 Å². The van der Waals surface area contributed by atoms with Gasteiger partial charge >= 0.3 is 7.37 Å². The number of hydrogen-bond donors (Lipinski definition) is 1. The number of hydrogen-bond acceptors (Lipinski definition) is 3. The maximum absolute atomic E-state index is 13.4. The van der Waals surface area contributed by atoms with Crippen molar-refractivity contribution in [1.29, 1.82) is 0 Å². The lowest BCUT2D eigenvalue weighted by Gasteiger charge is -2.31.